The van der Waals surface area contributed by atoms with Crippen molar-refractivity contribution in [1.29, 1.82) is 0 Å². The van der Waals surface area contributed by atoms with E-state index < -0.39 is 23.1 Å². The van der Waals surface area contributed by atoms with Gasteiger partial charge in [0.1, 0.15) is 22.1 Å². The van der Waals surface area contributed by atoms with Gasteiger partial charge in [-0.3, -0.25) is 9.59 Å². The summed E-state index contributed by atoms with van der Waals surface area (Å²) in [7, 11) is 2.89. The first-order valence-electron chi connectivity index (χ1n) is 10.0. The fourth-order valence-electron chi connectivity index (χ4n) is 4.41. The second-order valence-corrected chi connectivity index (χ2v) is 8.24. The first-order valence-corrected chi connectivity index (χ1v) is 10.4. The Bertz CT molecular complexity index is 1310. The van der Waals surface area contributed by atoms with E-state index in [4.69, 9.17) is 25.8 Å². The molecule has 1 aliphatic heterocycles. The van der Waals surface area contributed by atoms with Gasteiger partial charge in [0.05, 0.1) is 31.6 Å². The Labute approximate surface area is 188 Å². The topological polar surface area (TPSA) is 103 Å². The van der Waals surface area contributed by atoms with E-state index in [2.05, 4.69) is 15.3 Å². The zero-order valence-corrected chi connectivity index (χ0v) is 18.4. The molecule has 2 aliphatic rings. The van der Waals surface area contributed by atoms with Crippen LogP contribution in [-0.2, 0) is 4.79 Å². The van der Waals surface area contributed by atoms with E-state index in [1.807, 2.05) is 25.1 Å². The quantitative estimate of drug-likeness (QED) is 0.572. The highest BCUT2D eigenvalue weighted by molar-refractivity contribution is 6.36. The van der Waals surface area contributed by atoms with Gasteiger partial charge in [0.2, 0.25) is 17.2 Å². The molecule has 0 amide bonds. The monoisotopic (exact) mass is 453 g/mol. The minimum atomic E-state index is -1.69. The van der Waals surface area contributed by atoms with Crippen LogP contribution < -0.4 is 19.5 Å². The second kappa shape index (κ2) is 7.27. The van der Waals surface area contributed by atoms with Crippen LogP contribution in [0.5, 0.6) is 17.2 Å². The lowest BCUT2D eigenvalue weighted by Crippen LogP contribution is -2.55. The van der Waals surface area contributed by atoms with Gasteiger partial charge >= 0.3 is 0 Å². The Balaban J connectivity index is 1.51. The van der Waals surface area contributed by atoms with E-state index in [-0.39, 0.29) is 22.1 Å². The molecule has 2 unspecified atom stereocenters. The Hall–Kier alpha value is -3.52. The van der Waals surface area contributed by atoms with Gasteiger partial charge < -0.3 is 24.5 Å². The lowest BCUT2D eigenvalue weighted by molar-refractivity contribution is -0.129. The van der Waals surface area contributed by atoms with Crippen LogP contribution in [0.1, 0.15) is 23.7 Å². The third kappa shape index (κ3) is 2.79. The molecule has 32 heavy (non-hydrogen) atoms. The number of methoxy groups -OCH3 is 2. The Kier molecular flexibility index (Phi) is 4.63. The molecule has 3 aromatic rings. The molecule has 1 aliphatic carbocycles. The van der Waals surface area contributed by atoms with Crippen LogP contribution in [0, 0.1) is 5.92 Å². The standard InChI is InChI=1S/C23H20ClN3O5/c1-11-6-13(27-12-4-5-14-15(7-12)26-10-25-14)8-18(28)23(11)22(29)19-16(30-2)9-17(31-3)20(24)21(19)32-23/h4-5,7-11,27H,6H2,1-3H3,(H,25,26). The number of anilines is 1. The lowest BCUT2D eigenvalue weighted by Gasteiger charge is -2.35. The van der Waals surface area contributed by atoms with Crippen molar-refractivity contribution in [2.45, 2.75) is 18.9 Å². The largest absolute Gasteiger partial charge is 0.496 e. The van der Waals surface area contributed by atoms with Crippen LogP contribution in [-0.4, -0.2) is 41.4 Å². The predicted molar refractivity (Wildman–Crippen MR) is 119 cm³/mol. The van der Waals surface area contributed by atoms with E-state index in [1.54, 1.807) is 6.33 Å². The smallest absolute Gasteiger partial charge is 0.236 e. The zero-order chi connectivity index (χ0) is 22.6. The summed E-state index contributed by atoms with van der Waals surface area (Å²) in [5, 5.41) is 3.41. The molecule has 2 aromatic carbocycles. The number of Topliss-reactive ketones (excluding diaryl/α,β-unsaturated/α-hetero) is 1. The number of aromatic amines is 1. The highest BCUT2D eigenvalue weighted by Gasteiger charge is 2.60. The lowest BCUT2D eigenvalue weighted by atomic mass is 9.74. The van der Waals surface area contributed by atoms with E-state index in [9.17, 15) is 9.59 Å². The summed E-state index contributed by atoms with van der Waals surface area (Å²) in [5.74, 6) is -0.688. The van der Waals surface area contributed by atoms with Gasteiger partial charge in [-0.05, 0) is 24.6 Å². The number of ketones is 2. The van der Waals surface area contributed by atoms with Gasteiger partial charge in [-0.15, -0.1) is 0 Å². The minimum Gasteiger partial charge on any atom is -0.496 e. The van der Waals surface area contributed by atoms with Crippen molar-refractivity contribution in [3.05, 3.63) is 53.0 Å². The van der Waals surface area contributed by atoms with Crippen molar-refractivity contribution in [3.63, 3.8) is 0 Å². The number of carbonyl (C=O) groups excluding carboxylic acids is 2. The maximum Gasteiger partial charge on any atom is 0.236 e. The Morgan fingerprint density at radius 3 is 2.72 bits per heavy atom. The Morgan fingerprint density at radius 2 is 2.00 bits per heavy atom. The molecule has 0 fully saturated rings. The van der Waals surface area contributed by atoms with E-state index in [0.717, 1.165) is 16.7 Å². The van der Waals surface area contributed by atoms with E-state index in [1.165, 1.54) is 26.4 Å². The number of nitrogens with zero attached hydrogens (tertiary/aromatic N) is 1. The van der Waals surface area contributed by atoms with Crippen molar-refractivity contribution >= 4 is 39.9 Å². The van der Waals surface area contributed by atoms with Crippen LogP contribution in [0.2, 0.25) is 5.02 Å². The number of fused-ring (bicyclic) bond motifs is 2. The molecule has 1 aromatic heterocycles. The van der Waals surface area contributed by atoms with Crippen LogP contribution in [0.25, 0.3) is 11.0 Å². The van der Waals surface area contributed by atoms with Gasteiger partial charge in [-0.2, -0.15) is 0 Å². The van der Waals surface area contributed by atoms with Gasteiger partial charge in [-0.25, -0.2) is 4.98 Å². The second-order valence-electron chi connectivity index (χ2n) is 7.86. The van der Waals surface area contributed by atoms with Crippen molar-refractivity contribution in [2.75, 3.05) is 19.5 Å². The molecule has 0 radical (unpaired) electrons. The third-order valence-corrected chi connectivity index (χ3v) is 6.39. The molecule has 0 saturated heterocycles. The van der Waals surface area contributed by atoms with Crippen molar-refractivity contribution in [2.24, 2.45) is 5.92 Å². The number of aromatic nitrogens is 2. The van der Waals surface area contributed by atoms with Gasteiger partial charge in [0.15, 0.2) is 5.75 Å². The molecule has 9 heteroatoms. The summed E-state index contributed by atoms with van der Waals surface area (Å²) in [6.45, 7) is 1.81. The zero-order valence-electron chi connectivity index (χ0n) is 17.6. The normalized spacial score (nSPS) is 22.0. The highest BCUT2D eigenvalue weighted by Crippen LogP contribution is 2.53. The number of ether oxygens (including phenoxy) is 3. The maximum atomic E-state index is 13.5. The summed E-state index contributed by atoms with van der Waals surface area (Å²) >= 11 is 6.42. The van der Waals surface area contributed by atoms with Crippen LogP contribution in [0.3, 0.4) is 0 Å². The summed E-state index contributed by atoms with van der Waals surface area (Å²) in [6, 6.07) is 7.19. The van der Waals surface area contributed by atoms with Gasteiger partial charge in [0.25, 0.3) is 0 Å². The first kappa shape index (κ1) is 20.4. The van der Waals surface area contributed by atoms with Crippen LogP contribution in [0.4, 0.5) is 5.69 Å². The van der Waals surface area contributed by atoms with Crippen molar-refractivity contribution in [1.82, 2.24) is 9.97 Å². The number of H-pyrrole nitrogens is 1. The number of hydrogen-bond donors (Lipinski definition) is 2. The third-order valence-electron chi connectivity index (χ3n) is 6.04. The van der Waals surface area contributed by atoms with Gasteiger partial charge in [-0.1, -0.05) is 18.5 Å². The van der Waals surface area contributed by atoms with Gasteiger partial charge in [0, 0.05) is 29.4 Å². The SMILES string of the molecule is COc1cc(OC)c2c(c1Cl)OC1(C(=O)C=C(Nc3ccc4nc[nH]c4c3)CC1C)C2=O. The number of rotatable bonds is 4. The molecular formula is C23H20ClN3O5. The number of hydrogen-bond acceptors (Lipinski definition) is 7. The fraction of sp³-hybridized carbons (Fsp3) is 0.261. The summed E-state index contributed by atoms with van der Waals surface area (Å²) in [5.41, 5.74) is 1.69. The molecule has 164 valence electrons. The molecule has 0 saturated carbocycles. The van der Waals surface area contributed by atoms with Crippen LogP contribution in [0.15, 0.2) is 42.4 Å². The molecule has 2 N–H and O–H groups in total. The molecular weight excluding hydrogens is 434 g/mol. The highest BCUT2D eigenvalue weighted by atomic mass is 35.5. The first-order chi connectivity index (χ1) is 15.4. The van der Waals surface area contributed by atoms with Crippen LogP contribution >= 0.6 is 11.6 Å². The summed E-state index contributed by atoms with van der Waals surface area (Å²) in [6.07, 6.45) is 3.47. The van der Waals surface area contributed by atoms with Crippen molar-refractivity contribution < 1.29 is 23.8 Å². The fourth-order valence-corrected chi connectivity index (χ4v) is 4.68. The summed E-state index contributed by atoms with van der Waals surface area (Å²) < 4.78 is 16.7. The van der Waals surface area contributed by atoms with E-state index in [0.29, 0.717) is 17.9 Å². The predicted octanol–water partition coefficient (Wildman–Crippen LogP) is 4.15. The minimum absolute atomic E-state index is 0.113. The average Bonchev–Trinajstić information content (AvgIpc) is 3.36. The number of allylic oxidation sites excluding steroid dienone is 1. The molecule has 2 heterocycles. The number of nitrogens with one attached hydrogen (secondary N) is 2. The maximum absolute atomic E-state index is 13.5. The molecule has 2 atom stereocenters. The molecule has 5 rings (SSSR count). The molecule has 8 nitrogen and oxygen atoms in total. The Morgan fingerprint density at radius 1 is 1.22 bits per heavy atom. The molecule has 0 bridgehead atoms. The number of imidazole rings is 1. The van der Waals surface area contributed by atoms with E-state index >= 15 is 0 Å². The number of halogens is 1. The average molecular weight is 454 g/mol. The molecule has 1 spiro atoms. The summed E-state index contributed by atoms with van der Waals surface area (Å²) in [4.78, 5) is 34.1. The number of benzene rings is 2. The number of carbonyl (C=O) groups is 2. The van der Waals surface area contributed by atoms with Crippen molar-refractivity contribution in [3.8, 4) is 17.2 Å².